The van der Waals surface area contributed by atoms with Crippen molar-refractivity contribution in [3.05, 3.63) is 42.0 Å². The van der Waals surface area contributed by atoms with Gasteiger partial charge in [0.25, 0.3) is 0 Å². The highest BCUT2D eigenvalue weighted by Crippen LogP contribution is 2.53. The zero-order valence-corrected chi connectivity index (χ0v) is 17.8. The van der Waals surface area contributed by atoms with Gasteiger partial charge < -0.3 is 4.90 Å². The fourth-order valence-electron chi connectivity index (χ4n) is 6.96. The molecule has 5 rings (SSSR count). The van der Waals surface area contributed by atoms with Gasteiger partial charge in [-0.05, 0) is 63.0 Å². The van der Waals surface area contributed by atoms with Gasteiger partial charge in [-0.2, -0.15) is 0 Å². The molecule has 0 bridgehead atoms. The summed E-state index contributed by atoms with van der Waals surface area (Å²) in [7, 11) is 0. The van der Waals surface area contributed by atoms with Crippen LogP contribution in [0.1, 0.15) is 78.1 Å². The summed E-state index contributed by atoms with van der Waals surface area (Å²) in [6.45, 7) is 4.26. The van der Waals surface area contributed by atoms with Gasteiger partial charge in [-0.15, -0.1) is 0 Å². The van der Waals surface area contributed by atoms with E-state index < -0.39 is 0 Å². The van der Waals surface area contributed by atoms with Gasteiger partial charge in [-0.1, -0.05) is 68.9 Å². The predicted octanol–water partition coefficient (Wildman–Crippen LogP) is 6.30. The molecular weight excluding hydrogens is 340 g/mol. The molecule has 0 radical (unpaired) electrons. The lowest BCUT2D eigenvalue weighted by atomic mass is 9.64. The molecule has 2 nitrogen and oxygen atoms in total. The summed E-state index contributed by atoms with van der Waals surface area (Å²) in [6, 6.07) is 9.40. The molecule has 0 N–H and O–H groups in total. The van der Waals surface area contributed by atoms with Crippen molar-refractivity contribution >= 4 is 5.69 Å². The number of nitrogens with zero attached hydrogens (tertiary/aromatic N) is 2. The maximum absolute atomic E-state index is 9.49. The first-order chi connectivity index (χ1) is 14.1. The molecule has 2 aliphatic heterocycles. The van der Waals surface area contributed by atoms with Crippen LogP contribution in [0, 0.1) is 18.8 Å². The van der Waals surface area contributed by atoms with Gasteiger partial charge in [0.2, 0.25) is 0 Å². The van der Waals surface area contributed by atoms with Gasteiger partial charge >= 0.3 is 0 Å². The molecule has 28 heavy (non-hydrogen) atoms. The van der Waals surface area contributed by atoms with Crippen LogP contribution in [-0.2, 0) is 0 Å². The van der Waals surface area contributed by atoms with Crippen molar-refractivity contribution in [2.45, 2.75) is 95.7 Å². The van der Waals surface area contributed by atoms with Gasteiger partial charge in [0.1, 0.15) is 0 Å². The summed E-state index contributed by atoms with van der Waals surface area (Å²) >= 11 is 0. The molecule has 1 aromatic carbocycles. The molecule has 0 spiro atoms. The van der Waals surface area contributed by atoms with Crippen LogP contribution < -0.4 is 4.90 Å². The first-order valence-corrected chi connectivity index (χ1v) is 11.9. The minimum absolute atomic E-state index is 0.115. The van der Waals surface area contributed by atoms with E-state index in [1.165, 1.54) is 75.5 Å². The van der Waals surface area contributed by atoms with E-state index in [9.17, 15) is 1.37 Å². The van der Waals surface area contributed by atoms with Gasteiger partial charge in [-0.25, -0.2) is 0 Å². The van der Waals surface area contributed by atoms with E-state index in [0.29, 0.717) is 12.1 Å². The molecule has 2 aliphatic carbocycles. The molecule has 1 aromatic rings. The van der Waals surface area contributed by atoms with Crippen LogP contribution in [0.15, 0.2) is 36.4 Å². The van der Waals surface area contributed by atoms with E-state index in [2.05, 4.69) is 60.1 Å². The SMILES string of the molecule is [2H]C1N(c2ccccc2C)[C@@H](C)C2C=CC(C3CCCCC3)(C3CCCCC3)N21. The van der Waals surface area contributed by atoms with Crippen LogP contribution in [0.5, 0.6) is 0 Å². The zero-order chi connectivity index (χ0) is 20.0. The van der Waals surface area contributed by atoms with Crippen molar-refractivity contribution in [1.82, 2.24) is 4.90 Å². The lowest BCUT2D eigenvalue weighted by molar-refractivity contribution is 0.00455. The van der Waals surface area contributed by atoms with Crippen molar-refractivity contribution in [2.24, 2.45) is 11.8 Å². The Labute approximate surface area is 173 Å². The standard InChI is InChI=1S/C26H38N2/c1-20-11-9-10-16-24(20)27-19-28-25(21(27)2)17-18-26(28,22-12-5-3-6-13-22)23-14-7-4-8-15-23/h9-11,16-18,21-23,25H,3-8,12-15,19H2,1-2H3/t21-,25?/m0/s1/i19D/t19?,21-,25?. The summed E-state index contributed by atoms with van der Waals surface area (Å²) in [5.41, 5.74) is 2.66. The Hall–Kier alpha value is -1.28. The third-order valence-corrected chi connectivity index (χ3v) is 8.42. The smallest absolute Gasteiger partial charge is 0.0724 e. The maximum atomic E-state index is 9.49. The van der Waals surface area contributed by atoms with Gasteiger partial charge in [0.05, 0.1) is 14.1 Å². The predicted molar refractivity (Wildman–Crippen MR) is 119 cm³/mol. The highest BCUT2D eigenvalue weighted by Gasteiger charge is 2.56. The summed E-state index contributed by atoms with van der Waals surface area (Å²) in [6.07, 6.45) is 18.9. The van der Waals surface area contributed by atoms with E-state index in [1.807, 2.05) is 0 Å². The number of hydrogen-bond acceptors (Lipinski definition) is 2. The van der Waals surface area contributed by atoms with Crippen LogP contribution in [0.25, 0.3) is 0 Å². The third kappa shape index (κ3) is 2.86. The average Bonchev–Trinajstić information content (AvgIpc) is 3.28. The summed E-state index contributed by atoms with van der Waals surface area (Å²) < 4.78 is 9.49. The van der Waals surface area contributed by atoms with Crippen LogP contribution in [0.2, 0.25) is 0 Å². The van der Waals surface area contributed by atoms with Crippen molar-refractivity contribution in [1.29, 1.82) is 0 Å². The quantitative estimate of drug-likeness (QED) is 0.569. The lowest BCUT2D eigenvalue weighted by Gasteiger charge is -2.51. The first-order valence-electron chi connectivity index (χ1n) is 12.5. The van der Waals surface area contributed by atoms with Crippen molar-refractivity contribution in [3.63, 3.8) is 0 Å². The Morgan fingerprint density at radius 2 is 1.54 bits per heavy atom. The molecule has 0 amide bonds. The number of fused-ring (bicyclic) bond motifs is 1. The number of rotatable bonds is 3. The second kappa shape index (κ2) is 7.52. The molecule has 0 aromatic heterocycles. The van der Waals surface area contributed by atoms with Crippen molar-refractivity contribution in [3.8, 4) is 0 Å². The molecule has 3 fully saturated rings. The Balaban J connectivity index is 1.55. The third-order valence-electron chi connectivity index (χ3n) is 8.42. The fraction of sp³-hybridized carbons (Fsp3) is 0.692. The summed E-state index contributed by atoms with van der Waals surface area (Å²) in [5.74, 6) is 1.47. The first kappa shape index (κ1) is 17.6. The minimum Gasteiger partial charge on any atom is -0.354 e. The Morgan fingerprint density at radius 3 is 2.14 bits per heavy atom. The van der Waals surface area contributed by atoms with E-state index in [0.717, 1.165) is 11.8 Å². The van der Waals surface area contributed by atoms with Crippen molar-refractivity contribution < 1.29 is 1.37 Å². The molecule has 2 saturated carbocycles. The molecule has 2 heterocycles. The fourth-order valence-corrected chi connectivity index (χ4v) is 6.96. The van der Waals surface area contributed by atoms with Crippen molar-refractivity contribution in [2.75, 3.05) is 11.5 Å². The van der Waals surface area contributed by atoms with Crippen LogP contribution in [0.4, 0.5) is 5.69 Å². The lowest BCUT2D eigenvalue weighted by Crippen LogP contribution is -2.57. The number of anilines is 1. The molecule has 2 heteroatoms. The summed E-state index contributed by atoms with van der Waals surface area (Å²) in [4.78, 5) is 5.08. The molecule has 3 atom stereocenters. The maximum Gasteiger partial charge on any atom is 0.0724 e. The Kier molecular flexibility index (Phi) is 4.72. The minimum atomic E-state index is -0.282. The van der Waals surface area contributed by atoms with Gasteiger partial charge in [0, 0.05) is 17.3 Å². The summed E-state index contributed by atoms with van der Waals surface area (Å²) in [5, 5.41) is 0. The van der Waals surface area contributed by atoms with Gasteiger partial charge in [0.15, 0.2) is 0 Å². The zero-order valence-electron chi connectivity index (χ0n) is 18.8. The van der Waals surface area contributed by atoms with E-state index >= 15 is 0 Å². The number of aryl methyl sites for hydroxylation is 1. The highest BCUT2D eigenvalue weighted by atomic mass is 15.5. The van der Waals surface area contributed by atoms with Crippen LogP contribution in [0.3, 0.4) is 0 Å². The highest BCUT2D eigenvalue weighted by molar-refractivity contribution is 5.56. The van der Waals surface area contributed by atoms with E-state index in [-0.39, 0.29) is 12.2 Å². The average molecular weight is 380 g/mol. The molecule has 2 unspecified atom stereocenters. The molecule has 1 saturated heterocycles. The van der Waals surface area contributed by atoms with Crippen LogP contribution in [-0.4, -0.2) is 29.2 Å². The normalized spacial score (nSPS) is 34.6. The largest absolute Gasteiger partial charge is 0.354 e. The Morgan fingerprint density at radius 1 is 0.929 bits per heavy atom. The number of benzene rings is 1. The van der Waals surface area contributed by atoms with Crippen LogP contribution >= 0.6 is 0 Å². The molecular formula is C26H38N2. The second-order valence-corrected chi connectivity index (χ2v) is 9.86. The van der Waals surface area contributed by atoms with Gasteiger partial charge in [-0.3, -0.25) is 4.90 Å². The molecule has 4 aliphatic rings. The number of hydrogen-bond donors (Lipinski definition) is 0. The number of para-hydroxylation sites is 1. The second-order valence-electron chi connectivity index (χ2n) is 9.86. The molecule has 152 valence electrons. The van der Waals surface area contributed by atoms with E-state index in [1.54, 1.807) is 0 Å². The Bertz CT molecular complexity index is 729. The van der Waals surface area contributed by atoms with E-state index in [4.69, 9.17) is 0 Å². The monoisotopic (exact) mass is 379 g/mol. The topological polar surface area (TPSA) is 6.48 Å².